The molecule has 0 spiro atoms. The Morgan fingerprint density at radius 2 is 1.56 bits per heavy atom. The second-order valence-electron chi connectivity index (χ2n) is 14.0. The lowest BCUT2D eigenvalue weighted by Gasteiger charge is -2.42. The van der Waals surface area contributed by atoms with E-state index in [9.17, 15) is 27.9 Å². The molecule has 0 unspecified atom stereocenters. The second-order valence-corrected chi connectivity index (χ2v) is 16.1. The Hall–Kier alpha value is -4.06. The van der Waals surface area contributed by atoms with Crippen LogP contribution in [0.15, 0.2) is 84.9 Å². The fourth-order valence-corrected chi connectivity index (χ4v) is 8.22. The van der Waals surface area contributed by atoms with Crippen molar-refractivity contribution in [2.75, 3.05) is 31.9 Å². The number of nitrogens with one attached hydrogen (secondary N) is 2. The van der Waals surface area contributed by atoms with Crippen molar-refractivity contribution in [2.45, 2.75) is 63.1 Å². The topological polar surface area (TPSA) is 136 Å². The molecule has 2 aliphatic heterocycles. The molecule has 3 amide bonds. The van der Waals surface area contributed by atoms with Crippen molar-refractivity contribution >= 4 is 27.6 Å². The van der Waals surface area contributed by atoms with Crippen molar-refractivity contribution in [2.24, 2.45) is 5.92 Å². The number of fused-ring (bicyclic) bond motifs is 1. The van der Waals surface area contributed by atoms with Crippen LogP contribution in [0.4, 0.5) is 0 Å². The lowest BCUT2D eigenvalue weighted by atomic mass is 9.91. The molecular weight excluding hydrogens is 628 g/mol. The Labute approximate surface area is 283 Å². The summed E-state index contributed by atoms with van der Waals surface area (Å²) in [5.74, 6) is -1.65. The first-order chi connectivity index (χ1) is 22.8. The minimum atomic E-state index is -3.41. The quantitative estimate of drug-likeness (QED) is 0.301. The molecule has 1 fully saturated rings. The van der Waals surface area contributed by atoms with Crippen molar-refractivity contribution in [1.29, 1.82) is 0 Å². The molecule has 256 valence electrons. The molecular formula is C37H46N4O6S. The highest BCUT2D eigenvalue weighted by molar-refractivity contribution is 7.90. The fraction of sp³-hybridized carbons (Fsp3) is 0.432. The van der Waals surface area contributed by atoms with E-state index < -0.39 is 39.5 Å². The van der Waals surface area contributed by atoms with Gasteiger partial charge in [0.25, 0.3) is 5.91 Å². The third kappa shape index (κ3) is 9.30. The molecule has 3 aromatic rings. The van der Waals surface area contributed by atoms with Gasteiger partial charge in [-0.15, -0.1) is 0 Å². The number of hydrogen-bond acceptors (Lipinski definition) is 7. The van der Waals surface area contributed by atoms with Gasteiger partial charge < -0.3 is 20.6 Å². The zero-order chi connectivity index (χ0) is 34.5. The Kier molecular flexibility index (Phi) is 11.0. The summed E-state index contributed by atoms with van der Waals surface area (Å²) in [5.41, 5.74) is 2.42. The van der Waals surface area contributed by atoms with Gasteiger partial charge in [-0.05, 0) is 62.4 Å². The van der Waals surface area contributed by atoms with Gasteiger partial charge in [-0.3, -0.25) is 19.3 Å². The first-order valence-corrected chi connectivity index (χ1v) is 18.3. The summed E-state index contributed by atoms with van der Waals surface area (Å²) in [6.45, 7) is 6.70. The van der Waals surface area contributed by atoms with Gasteiger partial charge in [0, 0.05) is 43.2 Å². The molecule has 48 heavy (non-hydrogen) atoms. The molecule has 4 atom stereocenters. The van der Waals surface area contributed by atoms with Crippen molar-refractivity contribution in [3.8, 4) is 0 Å². The zero-order valence-corrected chi connectivity index (χ0v) is 28.7. The number of sulfone groups is 1. The van der Waals surface area contributed by atoms with Crippen LogP contribution >= 0.6 is 0 Å². The predicted molar refractivity (Wildman–Crippen MR) is 185 cm³/mol. The average molecular weight is 675 g/mol. The first-order valence-electron chi connectivity index (χ1n) is 16.5. The molecule has 3 aromatic carbocycles. The van der Waals surface area contributed by atoms with E-state index in [1.165, 1.54) is 0 Å². The van der Waals surface area contributed by atoms with Gasteiger partial charge in [0.1, 0.15) is 6.04 Å². The van der Waals surface area contributed by atoms with Crippen molar-refractivity contribution in [3.63, 3.8) is 0 Å². The number of hydrogen-bond donors (Lipinski definition) is 3. The second kappa shape index (κ2) is 15.0. The monoisotopic (exact) mass is 674 g/mol. The summed E-state index contributed by atoms with van der Waals surface area (Å²) < 4.78 is 25.5. The lowest BCUT2D eigenvalue weighted by molar-refractivity contribution is -0.131. The van der Waals surface area contributed by atoms with E-state index >= 15 is 0 Å². The van der Waals surface area contributed by atoms with E-state index in [2.05, 4.69) is 10.6 Å². The molecule has 2 aliphatic rings. The molecule has 1 saturated heterocycles. The molecule has 0 aliphatic carbocycles. The number of carbonyl (C=O) groups is 3. The molecule has 0 aromatic heterocycles. The summed E-state index contributed by atoms with van der Waals surface area (Å²) in [6, 6.07) is 24.3. The normalized spacial score (nSPS) is 20.6. The lowest BCUT2D eigenvalue weighted by Crippen LogP contribution is -2.62. The Bertz CT molecular complexity index is 1690. The van der Waals surface area contributed by atoms with Crippen LogP contribution < -0.4 is 10.6 Å². The maximum atomic E-state index is 13.9. The molecule has 0 saturated carbocycles. The molecule has 2 heterocycles. The maximum Gasteiger partial charge on any atom is 0.253 e. The molecule has 3 N–H and O–H groups in total. The Morgan fingerprint density at radius 1 is 0.917 bits per heavy atom. The van der Waals surface area contributed by atoms with Crippen molar-refractivity contribution < 1.29 is 27.9 Å². The molecule has 0 radical (unpaired) electrons. The minimum Gasteiger partial charge on any atom is -0.392 e. The number of amides is 3. The van der Waals surface area contributed by atoms with Crippen LogP contribution in [0, 0.1) is 5.92 Å². The average Bonchev–Trinajstić information content (AvgIpc) is 3.04. The number of aliphatic hydroxyl groups is 1. The number of β-amino-alcohol motifs (C(OH)–C–C–N with tert-alkyl or cyclic N) is 1. The van der Waals surface area contributed by atoms with Crippen molar-refractivity contribution in [3.05, 3.63) is 107 Å². The zero-order valence-electron chi connectivity index (χ0n) is 27.8. The van der Waals surface area contributed by atoms with E-state index in [4.69, 9.17) is 0 Å². The molecule has 10 nitrogen and oxygen atoms in total. The van der Waals surface area contributed by atoms with Gasteiger partial charge in [0.15, 0.2) is 9.84 Å². The van der Waals surface area contributed by atoms with E-state index in [0.29, 0.717) is 30.6 Å². The number of nitrogens with zero attached hydrogens (tertiary/aromatic N) is 2. The van der Waals surface area contributed by atoms with E-state index in [-0.39, 0.29) is 48.7 Å². The van der Waals surface area contributed by atoms with Gasteiger partial charge >= 0.3 is 0 Å². The summed E-state index contributed by atoms with van der Waals surface area (Å²) in [7, 11) is -3.41. The predicted octanol–water partition coefficient (Wildman–Crippen LogP) is 3.12. The van der Waals surface area contributed by atoms with E-state index in [1.54, 1.807) is 41.3 Å². The summed E-state index contributed by atoms with van der Waals surface area (Å²) in [4.78, 5) is 44.3. The smallest absolute Gasteiger partial charge is 0.253 e. The highest BCUT2D eigenvalue weighted by Crippen LogP contribution is 2.29. The molecule has 0 bridgehead atoms. The highest BCUT2D eigenvalue weighted by atomic mass is 32.2. The molecule has 11 heteroatoms. The van der Waals surface area contributed by atoms with Crippen LogP contribution in [0.25, 0.3) is 0 Å². The number of benzene rings is 3. The van der Waals surface area contributed by atoms with Gasteiger partial charge in [-0.25, -0.2) is 8.42 Å². The van der Waals surface area contributed by atoms with E-state index in [0.717, 1.165) is 11.1 Å². The third-order valence-corrected chi connectivity index (χ3v) is 10.4. The van der Waals surface area contributed by atoms with Crippen LogP contribution in [0.5, 0.6) is 0 Å². The van der Waals surface area contributed by atoms with Crippen molar-refractivity contribution in [1.82, 2.24) is 20.4 Å². The van der Waals surface area contributed by atoms with Crippen LogP contribution in [0.3, 0.4) is 0 Å². The molecule has 5 rings (SSSR count). The number of aliphatic hydroxyl groups excluding tert-OH is 1. The Morgan fingerprint density at radius 3 is 2.25 bits per heavy atom. The first kappa shape index (κ1) is 35.3. The van der Waals surface area contributed by atoms with Gasteiger partial charge in [0.2, 0.25) is 11.8 Å². The largest absolute Gasteiger partial charge is 0.392 e. The van der Waals surface area contributed by atoms with Crippen LogP contribution in [0.1, 0.15) is 60.3 Å². The van der Waals surface area contributed by atoms with Gasteiger partial charge in [-0.1, -0.05) is 72.8 Å². The van der Waals surface area contributed by atoms with Gasteiger partial charge in [-0.2, -0.15) is 0 Å². The van der Waals surface area contributed by atoms with E-state index in [1.807, 2.05) is 74.2 Å². The Balaban J connectivity index is 1.32. The fourth-order valence-electron chi connectivity index (χ4n) is 6.60. The maximum absolute atomic E-state index is 13.9. The SMILES string of the molecule is CC(C)(C)NC(=O)[C@@H]1CN(C(=O)c2ccccc2)CCN1C[C@@H](O)C[C@@H](Cc1ccccc1)C(=O)N[C@@H]1CS(=O)(=O)Cc2ccccc21. The van der Waals surface area contributed by atoms with Gasteiger partial charge in [0.05, 0.1) is 23.7 Å². The van der Waals surface area contributed by atoms with Crippen LogP contribution in [-0.2, 0) is 31.6 Å². The van der Waals surface area contributed by atoms with Crippen LogP contribution in [-0.4, -0.2) is 90.7 Å². The summed E-state index contributed by atoms with van der Waals surface area (Å²) in [5, 5.41) is 17.5. The number of piperazine rings is 1. The minimum absolute atomic E-state index is 0.0597. The number of rotatable bonds is 10. The summed E-state index contributed by atoms with van der Waals surface area (Å²) in [6.07, 6.45) is -0.537. The van der Waals surface area contributed by atoms with Crippen LogP contribution in [0.2, 0.25) is 0 Å². The third-order valence-electron chi connectivity index (χ3n) is 8.84. The standard InChI is InChI=1S/C37H46N4O6S/c1-37(2,3)39-35(44)33-23-41(36(45)27-14-8-5-9-15-27)19-18-40(33)22-30(42)21-29(20-26-12-6-4-7-13-26)34(43)38-32-25-48(46,47)24-28-16-10-11-17-31(28)32/h4-17,29-30,32-33,42H,18-25H2,1-3H3,(H,38,43)(H,39,44)/t29-,30+,32-,33+/m1/s1. The number of carbonyl (C=O) groups excluding carboxylic acids is 3. The highest BCUT2D eigenvalue weighted by Gasteiger charge is 2.38. The summed E-state index contributed by atoms with van der Waals surface area (Å²) >= 11 is 0.